The summed E-state index contributed by atoms with van der Waals surface area (Å²) in [6, 6.07) is 1.12. The minimum atomic E-state index is 0.513. The molecule has 0 bridgehead atoms. The summed E-state index contributed by atoms with van der Waals surface area (Å²) in [4.78, 5) is 8.79. The van der Waals surface area contributed by atoms with E-state index in [4.69, 9.17) is 0 Å². The second kappa shape index (κ2) is 5.83. The van der Waals surface area contributed by atoms with Crippen molar-refractivity contribution in [1.29, 1.82) is 0 Å². The summed E-state index contributed by atoms with van der Waals surface area (Å²) in [6.45, 7) is 3.77. The molecule has 2 aliphatic rings. The summed E-state index contributed by atoms with van der Waals surface area (Å²) in [5.74, 6) is 0.867. The number of rotatable bonds is 4. The van der Waals surface area contributed by atoms with Crippen molar-refractivity contribution in [3.05, 3.63) is 12.7 Å². The summed E-state index contributed by atoms with van der Waals surface area (Å²) in [6.07, 6.45) is 12.4. The first-order valence-corrected chi connectivity index (χ1v) is 6.37. The normalized spacial score (nSPS) is 23.6. The number of nitrogens with zero attached hydrogens (tertiary/aromatic N) is 2. The summed E-state index contributed by atoms with van der Waals surface area (Å²) >= 11 is 0. The van der Waals surface area contributed by atoms with Gasteiger partial charge >= 0.3 is 0 Å². The van der Waals surface area contributed by atoms with E-state index in [1.165, 1.54) is 44.9 Å². The van der Waals surface area contributed by atoms with Crippen LogP contribution in [0, 0.1) is 0 Å². The Morgan fingerprint density at radius 3 is 2.44 bits per heavy atom. The van der Waals surface area contributed by atoms with Crippen molar-refractivity contribution >= 4 is 12.2 Å². The van der Waals surface area contributed by atoms with Crippen molar-refractivity contribution in [2.45, 2.75) is 57.0 Å². The van der Waals surface area contributed by atoms with Crippen LogP contribution in [0.5, 0.6) is 0 Å². The molecule has 0 aliphatic heterocycles. The topological polar surface area (TPSA) is 36.8 Å². The zero-order valence-electron chi connectivity index (χ0n) is 9.86. The highest BCUT2D eigenvalue weighted by molar-refractivity contribution is 5.97. The fourth-order valence-electron chi connectivity index (χ4n) is 2.15. The van der Waals surface area contributed by atoms with Crippen molar-refractivity contribution in [3.63, 3.8) is 0 Å². The van der Waals surface area contributed by atoms with Gasteiger partial charge in [0.25, 0.3) is 0 Å². The van der Waals surface area contributed by atoms with E-state index < -0.39 is 0 Å². The Morgan fingerprint density at radius 2 is 1.88 bits per heavy atom. The molecule has 88 valence electrons. The van der Waals surface area contributed by atoms with Gasteiger partial charge in [-0.25, -0.2) is 4.99 Å². The predicted molar refractivity (Wildman–Crippen MR) is 69.2 cm³/mol. The highest BCUT2D eigenvalue weighted by Gasteiger charge is 2.17. The maximum Gasteiger partial charge on any atom is 0.127 e. The molecule has 16 heavy (non-hydrogen) atoms. The zero-order chi connectivity index (χ0) is 11.2. The van der Waals surface area contributed by atoms with Gasteiger partial charge in [-0.1, -0.05) is 19.4 Å². The van der Waals surface area contributed by atoms with E-state index in [0.717, 1.165) is 5.84 Å². The lowest BCUT2D eigenvalue weighted by Gasteiger charge is -2.27. The zero-order valence-corrected chi connectivity index (χ0v) is 9.86. The molecule has 2 fully saturated rings. The van der Waals surface area contributed by atoms with Crippen LogP contribution in [0.4, 0.5) is 0 Å². The number of amidine groups is 1. The molecule has 0 atom stereocenters. The minimum absolute atomic E-state index is 0.513. The van der Waals surface area contributed by atoms with E-state index in [1.54, 1.807) is 12.4 Å². The van der Waals surface area contributed by atoms with E-state index in [0.29, 0.717) is 12.1 Å². The molecule has 2 rings (SSSR count). The lowest BCUT2D eigenvalue weighted by molar-refractivity contribution is 0.384. The SMILES string of the molecule is C=C/C(=N\C=N/C1CCCC1)NC1CCC1. The minimum Gasteiger partial charge on any atom is -0.367 e. The summed E-state index contributed by atoms with van der Waals surface area (Å²) < 4.78 is 0. The van der Waals surface area contributed by atoms with Gasteiger partial charge in [-0.15, -0.1) is 0 Å². The van der Waals surface area contributed by atoms with Gasteiger partial charge in [0.2, 0.25) is 0 Å². The van der Waals surface area contributed by atoms with E-state index in [1.807, 2.05) is 0 Å². The number of hydrogen-bond donors (Lipinski definition) is 1. The molecule has 1 N–H and O–H groups in total. The molecule has 0 unspecified atom stereocenters. The fourth-order valence-corrected chi connectivity index (χ4v) is 2.15. The van der Waals surface area contributed by atoms with Crippen LogP contribution in [0.25, 0.3) is 0 Å². The summed E-state index contributed by atoms with van der Waals surface area (Å²) in [5.41, 5.74) is 0. The Bertz CT molecular complexity index is 284. The third-order valence-electron chi connectivity index (χ3n) is 3.45. The molecule has 2 saturated carbocycles. The first-order chi connectivity index (χ1) is 7.88. The largest absolute Gasteiger partial charge is 0.367 e. The van der Waals surface area contributed by atoms with Gasteiger partial charge in [0, 0.05) is 6.04 Å². The lowest BCUT2D eigenvalue weighted by atomic mass is 9.93. The highest BCUT2D eigenvalue weighted by atomic mass is 15.0. The van der Waals surface area contributed by atoms with Crippen molar-refractivity contribution in [3.8, 4) is 0 Å². The monoisotopic (exact) mass is 219 g/mol. The average molecular weight is 219 g/mol. The van der Waals surface area contributed by atoms with Gasteiger partial charge in [0.1, 0.15) is 12.2 Å². The Labute approximate surface area is 97.8 Å². The molecule has 0 aromatic carbocycles. The molecule has 3 nitrogen and oxygen atoms in total. The van der Waals surface area contributed by atoms with Crippen molar-refractivity contribution in [2.75, 3.05) is 0 Å². The highest BCUT2D eigenvalue weighted by Crippen LogP contribution is 2.20. The van der Waals surface area contributed by atoms with Crippen LogP contribution >= 0.6 is 0 Å². The number of aliphatic imine (C=N–C) groups is 2. The van der Waals surface area contributed by atoms with E-state index in [-0.39, 0.29) is 0 Å². The molecular formula is C13H21N3. The third-order valence-corrected chi connectivity index (χ3v) is 3.45. The predicted octanol–water partition coefficient (Wildman–Crippen LogP) is 2.68. The average Bonchev–Trinajstić information content (AvgIpc) is 2.73. The van der Waals surface area contributed by atoms with Gasteiger partial charge in [-0.3, -0.25) is 4.99 Å². The maximum absolute atomic E-state index is 4.46. The quantitative estimate of drug-likeness (QED) is 0.573. The molecule has 2 aliphatic carbocycles. The molecule has 3 heteroatoms. The summed E-state index contributed by atoms with van der Waals surface area (Å²) in [5, 5.41) is 3.37. The standard InChI is InChI=1S/C13H21N3/c1-2-13(16-12-8-5-9-12)15-10-14-11-6-3-4-7-11/h2,10-12H,1,3-9H2,(H,14,15,16). The van der Waals surface area contributed by atoms with Crippen molar-refractivity contribution in [1.82, 2.24) is 5.32 Å². The molecule has 0 aromatic heterocycles. The van der Waals surface area contributed by atoms with Crippen LogP contribution in [-0.4, -0.2) is 24.3 Å². The van der Waals surface area contributed by atoms with Crippen molar-refractivity contribution < 1.29 is 0 Å². The molecule has 0 saturated heterocycles. The summed E-state index contributed by atoms with van der Waals surface area (Å²) in [7, 11) is 0. The van der Waals surface area contributed by atoms with Gasteiger partial charge in [-0.05, 0) is 38.2 Å². The van der Waals surface area contributed by atoms with Gasteiger partial charge in [0.15, 0.2) is 0 Å². The Balaban J connectivity index is 1.79. The van der Waals surface area contributed by atoms with Crippen LogP contribution in [0.3, 0.4) is 0 Å². The first kappa shape index (κ1) is 11.4. The molecule has 0 heterocycles. The number of nitrogens with one attached hydrogen (secondary N) is 1. The molecule has 0 spiro atoms. The van der Waals surface area contributed by atoms with Crippen molar-refractivity contribution in [2.24, 2.45) is 9.98 Å². The molecular weight excluding hydrogens is 198 g/mol. The molecule has 0 amide bonds. The van der Waals surface area contributed by atoms with Gasteiger partial charge < -0.3 is 5.32 Å². The maximum atomic E-state index is 4.46. The van der Waals surface area contributed by atoms with E-state index in [2.05, 4.69) is 21.9 Å². The van der Waals surface area contributed by atoms with Crippen LogP contribution in [-0.2, 0) is 0 Å². The van der Waals surface area contributed by atoms with E-state index >= 15 is 0 Å². The van der Waals surface area contributed by atoms with Gasteiger partial charge in [-0.2, -0.15) is 0 Å². The van der Waals surface area contributed by atoms with Crippen LogP contribution in [0.1, 0.15) is 44.9 Å². The fraction of sp³-hybridized carbons (Fsp3) is 0.692. The van der Waals surface area contributed by atoms with Gasteiger partial charge in [0.05, 0.1) is 6.04 Å². The third kappa shape index (κ3) is 3.19. The van der Waals surface area contributed by atoms with E-state index in [9.17, 15) is 0 Å². The Hall–Kier alpha value is -1.12. The van der Waals surface area contributed by atoms with Crippen LogP contribution in [0.15, 0.2) is 22.6 Å². The Kier molecular flexibility index (Phi) is 4.14. The smallest absolute Gasteiger partial charge is 0.127 e. The Morgan fingerprint density at radius 1 is 1.12 bits per heavy atom. The lowest BCUT2D eigenvalue weighted by Crippen LogP contribution is -2.38. The second-order valence-corrected chi connectivity index (χ2v) is 4.69. The van der Waals surface area contributed by atoms with Crippen LogP contribution < -0.4 is 5.32 Å². The second-order valence-electron chi connectivity index (χ2n) is 4.69. The molecule has 0 radical (unpaired) electrons. The molecule has 0 aromatic rings. The first-order valence-electron chi connectivity index (χ1n) is 6.37. The number of hydrogen-bond acceptors (Lipinski definition) is 1. The van der Waals surface area contributed by atoms with Crippen LogP contribution in [0.2, 0.25) is 0 Å².